The van der Waals surface area contributed by atoms with E-state index in [0.717, 1.165) is 0 Å². The summed E-state index contributed by atoms with van der Waals surface area (Å²) in [6.45, 7) is 0. The standard InChI is InChI=1S/C5H6N2O2S.2ClH/c6-4(5(8)9)3-1-10-2-7-3;;/h1-2,4H,6H2,(H,8,9);2*1H. The van der Waals surface area contributed by atoms with Crippen LogP contribution in [0.3, 0.4) is 0 Å². The van der Waals surface area contributed by atoms with Crippen molar-refractivity contribution in [2.75, 3.05) is 0 Å². The highest BCUT2D eigenvalue weighted by atomic mass is 35.5. The Morgan fingerprint density at radius 1 is 1.67 bits per heavy atom. The molecular weight excluding hydrogens is 223 g/mol. The Morgan fingerprint density at radius 2 is 2.25 bits per heavy atom. The molecule has 0 radical (unpaired) electrons. The first-order chi connectivity index (χ1) is 4.72. The van der Waals surface area contributed by atoms with Crippen molar-refractivity contribution in [3.63, 3.8) is 0 Å². The largest absolute Gasteiger partial charge is 0.480 e. The van der Waals surface area contributed by atoms with Gasteiger partial charge in [-0.05, 0) is 0 Å². The number of hydrogen-bond donors (Lipinski definition) is 2. The molecule has 0 aromatic carbocycles. The normalized spacial score (nSPS) is 10.8. The summed E-state index contributed by atoms with van der Waals surface area (Å²) in [6.07, 6.45) is 0. The van der Waals surface area contributed by atoms with Crippen LogP contribution >= 0.6 is 36.2 Å². The topological polar surface area (TPSA) is 76.2 Å². The molecule has 0 spiro atoms. The molecule has 0 amide bonds. The third kappa shape index (κ3) is 3.36. The second kappa shape index (κ2) is 6.19. The van der Waals surface area contributed by atoms with Crippen LogP contribution in [0.1, 0.15) is 11.7 Å². The summed E-state index contributed by atoms with van der Waals surface area (Å²) in [6, 6.07) is -0.980. The first kappa shape index (κ1) is 14.2. The quantitative estimate of drug-likeness (QED) is 0.798. The molecule has 1 rings (SSSR count). The molecule has 0 aliphatic carbocycles. The summed E-state index contributed by atoms with van der Waals surface area (Å²) in [5.74, 6) is -1.05. The van der Waals surface area contributed by atoms with Crippen LogP contribution in [-0.4, -0.2) is 16.1 Å². The van der Waals surface area contributed by atoms with Crippen molar-refractivity contribution < 1.29 is 9.90 Å². The number of rotatable bonds is 2. The molecule has 7 heteroatoms. The number of carboxylic acids is 1. The zero-order chi connectivity index (χ0) is 7.56. The fourth-order valence-electron chi connectivity index (χ4n) is 0.502. The number of hydrogen-bond acceptors (Lipinski definition) is 4. The van der Waals surface area contributed by atoms with Gasteiger partial charge in [0, 0.05) is 5.38 Å². The van der Waals surface area contributed by atoms with Gasteiger partial charge in [-0.3, -0.25) is 4.79 Å². The minimum Gasteiger partial charge on any atom is -0.480 e. The molecule has 1 aromatic rings. The van der Waals surface area contributed by atoms with Gasteiger partial charge in [-0.25, -0.2) is 4.98 Å². The van der Waals surface area contributed by atoms with Crippen LogP contribution in [0.15, 0.2) is 10.9 Å². The van der Waals surface area contributed by atoms with E-state index >= 15 is 0 Å². The summed E-state index contributed by atoms with van der Waals surface area (Å²) >= 11 is 1.33. The Labute approximate surface area is 85.6 Å². The van der Waals surface area contributed by atoms with Gasteiger partial charge in [0.25, 0.3) is 0 Å². The summed E-state index contributed by atoms with van der Waals surface area (Å²) in [5, 5.41) is 10.0. The lowest BCUT2D eigenvalue weighted by molar-refractivity contribution is -0.138. The van der Waals surface area contributed by atoms with Crippen LogP contribution in [0.25, 0.3) is 0 Å². The molecule has 12 heavy (non-hydrogen) atoms. The second-order valence-corrected chi connectivity index (χ2v) is 2.45. The van der Waals surface area contributed by atoms with E-state index in [1.54, 1.807) is 10.9 Å². The predicted octanol–water partition coefficient (Wildman–Crippen LogP) is 1.07. The maximum Gasteiger partial charge on any atom is 0.326 e. The fourth-order valence-corrected chi connectivity index (χ4v) is 1.09. The van der Waals surface area contributed by atoms with Gasteiger partial charge in [0.1, 0.15) is 6.04 Å². The maximum absolute atomic E-state index is 10.2. The van der Waals surface area contributed by atoms with E-state index in [1.807, 2.05) is 0 Å². The third-order valence-corrected chi connectivity index (χ3v) is 1.64. The molecule has 1 atom stereocenters. The number of nitrogens with two attached hydrogens (primary N) is 1. The molecule has 3 N–H and O–H groups in total. The molecule has 0 aliphatic heterocycles. The minimum absolute atomic E-state index is 0. The third-order valence-electron chi connectivity index (χ3n) is 1.04. The predicted molar refractivity (Wildman–Crippen MR) is 51.2 cm³/mol. The first-order valence-electron chi connectivity index (χ1n) is 2.58. The summed E-state index contributed by atoms with van der Waals surface area (Å²) in [5.41, 5.74) is 7.19. The average Bonchev–Trinajstić information content (AvgIpc) is 2.36. The first-order valence-corrected chi connectivity index (χ1v) is 3.52. The van der Waals surface area contributed by atoms with Crippen molar-refractivity contribution in [3.8, 4) is 0 Å². The average molecular weight is 231 g/mol. The van der Waals surface area contributed by atoms with Gasteiger partial charge in [-0.15, -0.1) is 36.2 Å². The number of thiazole rings is 1. The molecule has 70 valence electrons. The Hall–Kier alpha value is -0.360. The van der Waals surface area contributed by atoms with Crippen molar-refractivity contribution in [2.24, 2.45) is 5.73 Å². The smallest absolute Gasteiger partial charge is 0.326 e. The summed E-state index contributed by atoms with van der Waals surface area (Å²) in [4.78, 5) is 14.0. The molecule has 0 aliphatic rings. The Balaban J connectivity index is 0. The SMILES string of the molecule is Cl.Cl.NC(C(=O)O)c1cscn1. The van der Waals surface area contributed by atoms with Gasteiger partial charge >= 0.3 is 5.97 Å². The van der Waals surface area contributed by atoms with Gasteiger partial charge in [-0.1, -0.05) is 0 Å². The number of nitrogens with zero attached hydrogens (tertiary/aromatic N) is 1. The number of carboxylic acid groups (broad SMARTS) is 1. The zero-order valence-corrected chi connectivity index (χ0v) is 8.29. The number of halogens is 2. The lowest BCUT2D eigenvalue weighted by atomic mass is 10.2. The van der Waals surface area contributed by atoms with Gasteiger partial charge in [-0.2, -0.15) is 0 Å². The van der Waals surface area contributed by atoms with Crippen molar-refractivity contribution in [1.82, 2.24) is 4.98 Å². The maximum atomic E-state index is 10.2. The van der Waals surface area contributed by atoms with Crippen LogP contribution in [-0.2, 0) is 4.79 Å². The van der Waals surface area contributed by atoms with Gasteiger partial charge in [0.2, 0.25) is 0 Å². The lowest BCUT2D eigenvalue weighted by Crippen LogP contribution is -2.20. The van der Waals surface area contributed by atoms with E-state index in [4.69, 9.17) is 10.8 Å². The monoisotopic (exact) mass is 230 g/mol. The molecule has 1 aromatic heterocycles. The van der Waals surface area contributed by atoms with Crippen LogP contribution in [0.2, 0.25) is 0 Å². The minimum atomic E-state index is -1.05. The zero-order valence-electron chi connectivity index (χ0n) is 5.84. The van der Waals surface area contributed by atoms with Crippen molar-refractivity contribution in [3.05, 3.63) is 16.6 Å². The lowest BCUT2D eigenvalue weighted by Gasteiger charge is -1.99. The van der Waals surface area contributed by atoms with Crippen LogP contribution in [0.4, 0.5) is 0 Å². The van der Waals surface area contributed by atoms with E-state index < -0.39 is 12.0 Å². The van der Waals surface area contributed by atoms with Crippen LogP contribution < -0.4 is 5.73 Å². The second-order valence-electron chi connectivity index (χ2n) is 1.73. The Kier molecular flexibility index (Phi) is 7.31. The van der Waals surface area contributed by atoms with Gasteiger partial charge in [0.15, 0.2) is 0 Å². The van der Waals surface area contributed by atoms with Crippen molar-refractivity contribution in [1.29, 1.82) is 0 Å². The molecule has 0 fully saturated rings. The number of aliphatic carboxylic acids is 1. The molecular formula is C5H8Cl2N2O2S. The Bertz CT molecular complexity index is 229. The van der Waals surface area contributed by atoms with E-state index in [1.165, 1.54) is 11.3 Å². The van der Waals surface area contributed by atoms with Crippen molar-refractivity contribution >= 4 is 42.1 Å². The molecule has 0 saturated carbocycles. The summed E-state index contributed by atoms with van der Waals surface area (Å²) < 4.78 is 0. The van der Waals surface area contributed by atoms with E-state index in [2.05, 4.69) is 4.98 Å². The van der Waals surface area contributed by atoms with E-state index in [9.17, 15) is 4.79 Å². The highest BCUT2D eigenvalue weighted by Gasteiger charge is 2.14. The van der Waals surface area contributed by atoms with E-state index in [-0.39, 0.29) is 24.8 Å². The molecule has 0 saturated heterocycles. The fraction of sp³-hybridized carbons (Fsp3) is 0.200. The molecule has 4 nitrogen and oxygen atoms in total. The van der Waals surface area contributed by atoms with Crippen LogP contribution in [0.5, 0.6) is 0 Å². The van der Waals surface area contributed by atoms with Crippen LogP contribution in [0, 0.1) is 0 Å². The number of carbonyl (C=O) groups is 1. The van der Waals surface area contributed by atoms with Gasteiger partial charge in [0.05, 0.1) is 11.2 Å². The highest BCUT2D eigenvalue weighted by molar-refractivity contribution is 7.07. The van der Waals surface area contributed by atoms with E-state index in [0.29, 0.717) is 5.69 Å². The van der Waals surface area contributed by atoms with Crippen molar-refractivity contribution in [2.45, 2.75) is 6.04 Å². The molecule has 0 bridgehead atoms. The highest BCUT2D eigenvalue weighted by Crippen LogP contribution is 2.09. The Morgan fingerprint density at radius 3 is 2.58 bits per heavy atom. The molecule has 1 unspecified atom stereocenters. The summed E-state index contributed by atoms with van der Waals surface area (Å²) in [7, 11) is 0. The van der Waals surface area contributed by atoms with Gasteiger partial charge < -0.3 is 10.8 Å². The molecule has 1 heterocycles. The number of aromatic nitrogens is 1.